The predicted octanol–water partition coefficient (Wildman–Crippen LogP) is 2.82. The maximum Gasteiger partial charge on any atom is 0.338 e. The van der Waals surface area contributed by atoms with E-state index in [4.69, 9.17) is 16.7 Å². The lowest BCUT2D eigenvalue weighted by Crippen LogP contribution is -2.24. The van der Waals surface area contributed by atoms with Crippen molar-refractivity contribution >= 4 is 29.3 Å². The summed E-state index contributed by atoms with van der Waals surface area (Å²) in [5, 5.41) is 19.9. The zero-order valence-electron chi connectivity index (χ0n) is 14.1. The zero-order chi connectivity index (χ0) is 19.6. The van der Waals surface area contributed by atoms with Crippen molar-refractivity contribution in [1.29, 1.82) is 0 Å². The summed E-state index contributed by atoms with van der Waals surface area (Å²) in [5.41, 5.74) is 0.284. The number of halogens is 2. The molecule has 0 aliphatic heterocycles. The second-order valence-electron chi connectivity index (χ2n) is 5.78. The third-order valence-corrected chi connectivity index (χ3v) is 4.25. The van der Waals surface area contributed by atoms with E-state index in [-0.39, 0.29) is 22.9 Å². The molecule has 0 aliphatic rings. The molecule has 1 aromatic carbocycles. The molecule has 10 heteroatoms. The SMILES string of the molecule is CC(C(=O)Nc1ccn(Cc2c(F)cccc2Cl)n1)n1cc(C(=O)O)cn1. The Morgan fingerprint density at radius 3 is 2.81 bits per heavy atom. The Morgan fingerprint density at radius 1 is 1.37 bits per heavy atom. The summed E-state index contributed by atoms with van der Waals surface area (Å²) in [5.74, 6) is -1.72. The predicted molar refractivity (Wildman–Crippen MR) is 95.3 cm³/mol. The molecule has 2 N–H and O–H groups in total. The summed E-state index contributed by atoms with van der Waals surface area (Å²) in [6.45, 7) is 1.68. The van der Waals surface area contributed by atoms with Crippen LogP contribution in [-0.4, -0.2) is 36.5 Å². The van der Waals surface area contributed by atoms with E-state index in [1.807, 2.05) is 0 Å². The van der Waals surface area contributed by atoms with Gasteiger partial charge in [0, 0.05) is 29.0 Å². The van der Waals surface area contributed by atoms with Gasteiger partial charge in [-0.2, -0.15) is 10.2 Å². The molecule has 2 heterocycles. The van der Waals surface area contributed by atoms with Gasteiger partial charge < -0.3 is 10.4 Å². The molecule has 3 rings (SSSR count). The van der Waals surface area contributed by atoms with Crippen LogP contribution in [0.5, 0.6) is 0 Å². The van der Waals surface area contributed by atoms with Crippen LogP contribution in [0, 0.1) is 5.82 Å². The second-order valence-corrected chi connectivity index (χ2v) is 6.19. The van der Waals surface area contributed by atoms with Crippen molar-refractivity contribution in [3.05, 3.63) is 64.8 Å². The Bertz CT molecular complexity index is 980. The Morgan fingerprint density at radius 2 is 2.15 bits per heavy atom. The van der Waals surface area contributed by atoms with Crippen molar-refractivity contribution in [2.75, 3.05) is 5.32 Å². The fourth-order valence-corrected chi connectivity index (χ4v) is 2.60. The molecule has 0 spiro atoms. The highest BCUT2D eigenvalue weighted by molar-refractivity contribution is 6.31. The highest BCUT2D eigenvalue weighted by Gasteiger charge is 2.18. The normalized spacial score (nSPS) is 12.0. The highest BCUT2D eigenvalue weighted by atomic mass is 35.5. The minimum atomic E-state index is -1.13. The number of aromatic carboxylic acids is 1. The van der Waals surface area contributed by atoms with Crippen LogP contribution in [0.15, 0.2) is 42.9 Å². The van der Waals surface area contributed by atoms with Crippen molar-refractivity contribution in [2.45, 2.75) is 19.5 Å². The number of amides is 1. The largest absolute Gasteiger partial charge is 0.478 e. The lowest BCUT2D eigenvalue weighted by atomic mass is 10.2. The van der Waals surface area contributed by atoms with Gasteiger partial charge in [-0.1, -0.05) is 17.7 Å². The van der Waals surface area contributed by atoms with Crippen LogP contribution in [0.3, 0.4) is 0 Å². The van der Waals surface area contributed by atoms with Crippen molar-refractivity contribution in [3.8, 4) is 0 Å². The van der Waals surface area contributed by atoms with Gasteiger partial charge in [0.05, 0.1) is 18.3 Å². The number of hydrogen-bond acceptors (Lipinski definition) is 4. The first-order valence-corrected chi connectivity index (χ1v) is 8.27. The Labute approximate surface area is 158 Å². The summed E-state index contributed by atoms with van der Waals surface area (Å²) < 4.78 is 16.5. The number of benzene rings is 1. The van der Waals surface area contributed by atoms with E-state index < -0.39 is 23.7 Å². The summed E-state index contributed by atoms with van der Waals surface area (Å²) in [6.07, 6.45) is 4.02. The van der Waals surface area contributed by atoms with Crippen LogP contribution in [0.1, 0.15) is 28.9 Å². The monoisotopic (exact) mass is 391 g/mol. The van der Waals surface area contributed by atoms with E-state index in [0.717, 1.165) is 0 Å². The lowest BCUT2D eigenvalue weighted by molar-refractivity contribution is -0.119. The second kappa shape index (κ2) is 7.58. The van der Waals surface area contributed by atoms with Gasteiger partial charge in [-0.15, -0.1) is 0 Å². The Kier molecular flexibility index (Phi) is 5.22. The van der Waals surface area contributed by atoms with Crippen LogP contribution >= 0.6 is 11.6 Å². The van der Waals surface area contributed by atoms with Crippen molar-refractivity contribution in [1.82, 2.24) is 19.6 Å². The molecule has 8 nitrogen and oxygen atoms in total. The summed E-state index contributed by atoms with van der Waals surface area (Å²) in [6, 6.07) is 5.23. The number of carboxylic acid groups (broad SMARTS) is 1. The molecule has 3 aromatic rings. The molecule has 0 saturated heterocycles. The summed E-state index contributed by atoms with van der Waals surface area (Å²) in [4.78, 5) is 23.2. The molecular weight excluding hydrogens is 377 g/mol. The lowest BCUT2D eigenvalue weighted by Gasteiger charge is -2.11. The van der Waals surface area contributed by atoms with Gasteiger partial charge in [-0.25, -0.2) is 9.18 Å². The molecule has 0 aliphatic carbocycles. The number of carbonyl (C=O) groups is 2. The molecule has 1 unspecified atom stereocenters. The maximum atomic E-state index is 13.9. The number of anilines is 1. The van der Waals surface area contributed by atoms with Crippen LogP contribution in [-0.2, 0) is 11.3 Å². The molecule has 0 radical (unpaired) electrons. The smallest absolute Gasteiger partial charge is 0.338 e. The molecule has 27 heavy (non-hydrogen) atoms. The van der Waals surface area contributed by atoms with Crippen LogP contribution in [0.4, 0.5) is 10.2 Å². The van der Waals surface area contributed by atoms with Gasteiger partial charge in [-0.05, 0) is 19.1 Å². The van der Waals surface area contributed by atoms with E-state index in [2.05, 4.69) is 15.5 Å². The minimum Gasteiger partial charge on any atom is -0.478 e. The van der Waals surface area contributed by atoms with Crippen LogP contribution < -0.4 is 5.32 Å². The quantitative estimate of drug-likeness (QED) is 0.672. The van der Waals surface area contributed by atoms with E-state index in [1.165, 1.54) is 33.9 Å². The van der Waals surface area contributed by atoms with Crippen LogP contribution in [0.2, 0.25) is 5.02 Å². The molecule has 140 valence electrons. The van der Waals surface area contributed by atoms with Crippen molar-refractivity contribution in [2.24, 2.45) is 0 Å². The standard InChI is InChI=1S/C17H15ClFN5O3/c1-10(24-8-11(7-20-24)17(26)27)16(25)21-15-5-6-23(22-15)9-12-13(18)3-2-4-14(12)19/h2-8,10H,9H2,1H3,(H,26,27)(H,21,22,25). The fourth-order valence-electron chi connectivity index (χ4n) is 2.37. The summed E-state index contributed by atoms with van der Waals surface area (Å²) in [7, 11) is 0. The van der Waals surface area contributed by atoms with Gasteiger partial charge in [0.1, 0.15) is 11.9 Å². The first-order chi connectivity index (χ1) is 12.8. The topological polar surface area (TPSA) is 102 Å². The minimum absolute atomic E-state index is 0.0132. The van der Waals surface area contributed by atoms with Gasteiger partial charge in [0.2, 0.25) is 5.91 Å². The molecule has 1 atom stereocenters. The first kappa shape index (κ1) is 18.6. The van der Waals surface area contributed by atoms with E-state index in [9.17, 15) is 14.0 Å². The zero-order valence-corrected chi connectivity index (χ0v) is 14.9. The Hall–Kier alpha value is -3.20. The number of nitrogens with one attached hydrogen (secondary N) is 1. The number of aromatic nitrogens is 4. The molecule has 0 fully saturated rings. The van der Waals surface area contributed by atoms with E-state index in [1.54, 1.807) is 25.3 Å². The van der Waals surface area contributed by atoms with Crippen LogP contribution in [0.25, 0.3) is 0 Å². The molecule has 0 saturated carbocycles. The number of carboxylic acids is 1. The third kappa shape index (κ3) is 4.14. The average Bonchev–Trinajstić information content (AvgIpc) is 3.27. The van der Waals surface area contributed by atoms with Gasteiger partial charge >= 0.3 is 5.97 Å². The fraction of sp³-hybridized carbons (Fsp3) is 0.176. The first-order valence-electron chi connectivity index (χ1n) is 7.90. The number of rotatable bonds is 6. The molecule has 1 amide bonds. The average molecular weight is 392 g/mol. The van der Waals surface area contributed by atoms with E-state index in [0.29, 0.717) is 5.56 Å². The molecule has 0 bridgehead atoms. The number of hydrogen-bond donors (Lipinski definition) is 2. The highest BCUT2D eigenvalue weighted by Crippen LogP contribution is 2.20. The van der Waals surface area contributed by atoms with Gasteiger partial charge in [0.15, 0.2) is 5.82 Å². The summed E-state index contributed by atoms with van der Waals surface area (Å²) >= 11 is 6.00. The molecular formula is C17H15ClFN5O3. The van der Waals surface area contributed by atoms with Crippen molar-refractivity contribution in [3.63, 3.8) is 0 Å². The number of nitrogens with zero attached hydrogens (tertiary/aromatic N) is 4. The molecule has 2 aromatic heterocycles. The van der Waals surface area contributed by atoms with E-state index >= 15 is 0 Å². The Balaban J connectivity index is 1.67. The maximum absolute atomic E-state index is 13.9. The van der Waals surface area contributed by atoms with Crippen molar-refractivity contribution < 1.29 is 19.1 Å². The van der Waals surface area contributed by atoms with Gasteiger partial charge in [-0.3, -0.25) is 14.2 Å². The van der Waals surface area contributed by atoms with Gasteiger partial charge in [0.25, 0.3) is 0 Å². The number of carbonyl (C=O) groups excluding carboxylic acids is 1. The third-order valence-electron chi connectivity index (χ3n) is 3.90.